The van der Waals surface area contributed by atoms with Crippen molar-refractivity contribution in [2.24, 2.45) is 0 Å². The van der Waals surface area contributed by atoms with Crippen LogP contribution in [0.3, 0.4) is 0 Å². The van der Waals surface area contributed by atoms with Crippen LogP contribution in [0.1, 0.15) is 16.8 Å². The zero-order valence-corrected chi connectivity index (χ0v) is 21.6. The number of hydrogen-bond donors (Lipinski definition) is 2. The minimum Gasteiger partial charge on any atom is -0.325 e. The Bertz CT molecular complexity index is 1580. The van der Waals surface area contributed by atoms with Crippen molar-refractivity contribution in [3.8, 4) is 17.3 Å². The van der Waals surface area contributed by atoms with Gasteiger partial charge in [-0.25, -0.2) is 28.1 Å². The van der Waals surface area contributed by atoms with Crippen molar-refractivity contribution < 1.29 is 13.2 Å². The lowest BCUT2D eigenvalue weighted by atomic mass is 10.1. The number of amides is 1. The third-order valence-electron chi connectivity index (χ3n) is 5.14. The fourth-order valence-electron chi connectivity index (χ4n) is 3.25. The van der Waals surface area contributed by atoms with Gasteiger partial charge in [0.2, 0.25) is 11.9 Å². The Morgan fingerprint density at radius 3 is 2.38 bits per heavy atom. The highest BCUT2D eigenvalue weighted by molar-refractivity contribution is 8.00. The Hall–Kier alpha value is -4.27. The highest BCUT2D eigenvalue weighted by Crippen LogP contribution is 2.26. The first-order chi connectivity index (χ1) is 17.7. The van der Waals surface area contributed by atoms with Crippen molar-refractivity contribution in [2.75, 3.05) is 15.8 Å². The fraction of sp³-hybridized carbons (Fsp3) is 0.115. The zero-order valence-electron chi connectivity index (χ0n) is 20.0. The molecule has 0 saturated heterocycles. The number of carbonyl (C=O) groups is 1. The number of thioether (sulfide) groups is 1. The summed E-state index contributed by atoms with van der Waals surface area (Å²) in [6.07, 6.45) is 1.46. The number of rotatable bonds is 8. The average molecular weight is 531 g/mol. The van der Waals surface area contributed by atoms with Gasteiger partial charge in [0.25, 0.3) is 10.0 Å². The number of sulfonamides is 1. The number of carbonyl (C=O) groups excluding carboxylic acids is 1. The zero-order chi connectivity index (χ0) is 26.4. The van der Waals surface area contributed by atoms with Crippen LogP contribution < -0.4 is 10.0 Å². The molecule has 2 aromatic heterocycles. The van der Waals surface area contributed by atoms with Crippen LogP contribution in [0.2, 0.25) is 0 Å². The molecule has 2 aromatic carbocycles. The highest BCUT2D eigenvalue weighted by Gasteiger charge is 2.16. The summed E-state index contributed by atoms with van der Waals surface area (Å²) in [6, 6.07) is 20.9. The lowest BCUT2D eigenvalue weighted by Gasteiger charge is -2.09. The molecule has 0 bridgehead atoms. The molecule has 2 heterocycles. The largest absolute Gasteiger partial charge is 0.325 e. The predicted octanol–water partition coefficient (Wildman–Crippen LogP) is 4.56. The number of aryl methyl sites for hydroxylation is 2. The van der Waals surface area contributed by atoms with Crippen molar-refractivity contribution in [1.29, 1.82) is 5.26 Å². The molecule has 4 rings (SSSR count). The quantitative estimate of drug-likeness (QED) is 0.316. The van der Waals surface area contributed by atoms with E-state index in [0.717, 1.165) is 22.9 Å². The molecule has 0 aliphatic heterocycles. The minimum absolute atomic E-state index is 0.000706. The summed E-state index contributed by atoms with van der Waals surface area (Å²) in [6.45, 7) is 3.73. The van der Waals surface area contributed by atoms with Crippen LogP contribution in [0.5, 0.6) is 0 Å². The lowest BCUT2D eigenvalue weighted by Crippen LogP contribution is -2.16. The first kappa shape index (κ1) is 25.8. The number of pyridine rings is 1. The molecule has 11 heteroatoms. The molecule has 0 unspecified atom stereocenters. The van der Waals surface area contributed by atoms with Gasteiger partial charge in [0.1, 0.15) is 11.1 Å². The van der Waals surface area contributed by atoms with Crippen molar-refractivity contribution in [3.05, 3.63) is 89.7 Å². The number of nitrogens with one attached hydrogen (secondary N) is 2. The first-order valence-corrected chi connectivity index (χ1v) is 13.5. The average Bonchev–Trinajstić information content (AvgIpc) is 2.88. The molecule has 0 saturated carbocycles. The summed E-state index contributed by atoms with van der Waals surface area (Å²) in [7, 11) is -3.89. The van der Waals surface area contributed by atoms with E-state index in [2.05, 4.69) is 31.1 Å². The van der Waals surface area contributed by atoms with Gasteiger partial charge < -0.3 is 5.32 Å². The number of benzene rings is 2. The van der Waals surface area contributed by atoms with Gasteiger partial charge in [-0.2, -0.15) is 5.26 Å². The van der Waals surface area contributed by atoms with Crippen molar-refractivity contribution in [2.45, 2.75) is 23.8 Å². The van der Waals surface area contributed by atoms with Crippen LogP contribution in [0.25, 0.3) is 11.3 Å². The number of anilines is 2. The van der Waals surface area contributed by atoms with Crippen molar-refractivity contribution >= 4 is 39.3 Å². The molecule has 0 atom stereocenters. The maximum Gasteiger partial charge on any atom is 0.264 e. The Morgan fingerprint density at radius 2 is 1.70 bits per heavy atom. The molecule has 0 aliphatic rings. The molecule has 4 aromatic rings. The van der Waals surface area contributed by atoms with Crippen molar-refractivity contribution in [1.82, 2.24) is 15.0 Å². The topological polar surface area (TPSA) is 138 Å². The molecular weight excluding hydrogens is 508 g/mol. The first-order valence-electron chi connectivity index (χ1n) is 11.1. The summed E-state index contributed by atoms with van der Waals surface area (Å²) < 4.78 is 27.5. The van der Waals surface area contributed by atoms with Crippen LogP contribution in [-0.2, 0) is 14.8 Å². The molecule has 0 spiro atoms. The Morgan fingerprint density at radius 1 is 0.973 bits per heavy atom. The van der Waals surface area contributed by atoms with E-state index in [-0.39, 0.29) is 22.5 Å². The van der Waals surface area contributed by atoms with E-state index in [1.165, 1.54) is 30.5 Å². The van der Waals surface area contributed by atoms with E-state index in [1.807, 2.05) is 31.2 Å². The third kappa shape index (κ3) is 6.69. The van der Waals surface area contributed by atoms with Crippen LogP contribution in [0.15, 0.2) is 82.8 Å². The van der Waals surface area contributed by atoms with Gasteiger partial charge in [-0.3, -0.25) is 4.79 Å². The van der Waals surface area contributed by atoms with E-state index in [4.69, 9.17) is 0 Å². The van der Waals surface area contributed by atoms with E-state index in [0.29, 0.717) is 27.7 Å². The number of aromatic nitrogens is 3. The summed E-state index contributed by atoms with van der Waals surface area (Å²) in [5.41, 5.74) is 4.20. The van der Waals surface area contributed by atoms with Gasteiger partial charge >= 0.3 is 0 Å². The predicted molar refractivity (Wildman–Crippen MR) is 142 cm³/mol. The summed E-state index contributed by atoms with van der Waals surface area (Å²) in [5.74, 6) is -0.324. The number of nitrogens with zero attached hydrogens (tertiary/aromatic N) is 4. The van der Waals surface area contributed by atoms with Gasteiger partial charge in [-0.05, 0) is 56.3 Å². The SMILES string of the molecule is Cc1ccc(-c2ccc(C#N)c(SCC(=O)Nc3ccc(S(=O)(=O)Nc4nccc(C)n4)cc3)n2)cc1. The van der Waals surface area contributed by atoms with Crippen molar-refractivity contribution in [3.63, 3.8) is 0 Å². The molecule has 37 heavy (non-hydrogen) atoms. The van der Waals surface area contributed by atoms with E-state index >= 15 is 0 Å². The molecule has 9 nitrogen and oxygen atoms in total. The molecule has 2 N–H and O–H groups in total. The van der Waals surface area contributed by atoms with E-state index in [9.17, 15) is 18.5 Å². The maximum absolute atomic E-state index is 12.6. The second kappa shape index (κ2) is 11.2. The second-order valence-electron chi connectivity index (χ2n) is 8.02. The summed E-state index contributed by atoms with van der Waals surface area (Å²) >= 11 is 1.16. The molecule has 0 radical (unpaired) electrons. The lowest BCUT2D eigenvalue weighted by molar-refractivity contribution is -0.113. The van der Waals surface area contributed by atoms with E-state index < -0.39 is 10.0 Å². The van der Waals surface area contributed by atoms with Gasteiger partial charge in [0.05, 0.1) is 21.9 Å². The molecule has 1 amide bonds. The Kier molecular flexibility index (Phi) is 7.81. The van der Waals surface area contributed by atoms with Crippen LogP contribution in [0.4, 0.5) is 11.6 Å². The standard InChI is InChI=1S/C26H22N6O3S2/c1-17-3-5-19(6-4-17)23-12-7-20(15-27)25(31-23)36-16-24(33)30-21-8-10-22(11-9-21)37(34,35)32-26-28-14-13-18(2)29-26/h3-14H,16H2,1-2H3,(H,30,33)(H,28,29,32). The molecular formula is C26H22N6O3S2. The molecule has 0 fully saturated rings. The van der Waals surface area contributed by atoms with Gasteiger partial charge in [-0.15, -0.1) is 0 Å². The van der Waals surface area contributed by atoms with Gasteiger partial charge in [0.15, 0.2) is 0 Å². The third-order valence-corrected chi connectivity index (χ3v) is 7.47. The van der Waals surface area contributed by atoms with Crippen LogP contribution in [0, 0.1) is 25.2 Å². The monoisotopic (exact) mass is 530 g/mol. The van der Waals surface area contributed by atoms with E-state index in [1.54, 1.807) is 25.1 Å². The van der Waals surface area contributed by atoms with Gasteiger partial charge in [-0.1, -0.05) is 41.6 Å². The van der Waals surface area contributed by atoms with Crippen LogP contribution >= 0.6 is 11.8 Å². The normalized spacial score (nSPS) is 10.9. The highest BCUT2D eigenvalue weighted by atomic mass is 32.2. The fourth-order valence-corrected chi connectivity index (χ4v) is 4.97. The number of hydrogen-bond acceptors (Lipinski definition) is 8. The molecule has 186 valence electrons. The minimum atomic E-state index is -3.89. The Labute approximate surface area is 219 Å². The summed E-state index contributed by atoms with van der Waals surface area (Å²) in [5, 5.41) is 12.6. The summed E-state index contributed by atoms with van der Waals surface area (Å²) in [4.78, 5) is 25.1. The van der Waals surface area contributed by atoms with Crippen LogP contribution in [-0.4, -0.2) is 35.0 Å². The Balaban J connectivity index is 1.39. The smallest absolute Gasteiger partial charge is 0.264 e. The molecule has 0 aliphatic carbocycles. The second-order valence-corrected chi connectivity index (χ2v) is 10.7. The number of nitriles is 1. The maximum atomic E-state index is 12.6. The van der Waals surface area contributed by atoms with Gasteiger partial charge in [0, 0.05) is 23.1 Å².